The molecule has 0 saturated heterocycles. The first-order chi connectivity index (χ1) is 9.06. The van der Waals surface area contributed by atoms with Crippen LogP contribution in [0.5, 0.6) is 0 Å². The van der Waals surface area contributed by atoms with Gasteiger partial charge in [0.2, 0.25) is 0 Å². The average molecular weight is 271 g/mol. The molecule has 2 nitrogen and oxygen atoms in total. The van der Waals surface area contributed by atoms with E-state index in [1.807, 2.05) is 6.07 Å². The normalized spacial score (nSPS) is 10.9. The summed E-state index contributed by atoms with van der Waals surface area (Å²) in [5.41, 5.74) is 9.47. The summed E-state index contributed by atoms with van der Waals surface area (Å²) in [6, 6.07) is 14.7. The Kier molecular flexibility index (Phi) is 4.51. The molecule has 3 heteroatoms. The molecule has 0 fully saturated rings. The molecule has 0 aliphatic carbocycles. The largest absolute Gasteiger partial charge is 0.398 e. The third kappa shape index (κ3) is 3.75. The van der Waals surface area contributed by atoms with Crippen LogP contribution in [0.15, 0.2) is 52.3 Å². The minimum absolute atomic E-state index is 0.852. The molecule has 0 unspecified atom stereocenters. The number of rotatable bonds is 4. The molecule has 0 saturated carbocycles. The summed E-state index contributed by atoms with van der Waals surface area (Å²) in [5.74, 6) is 0. The minimum Gasteiger partial charge on any atom is -0.398 e. The van der Waals surface area contributed by atoms with Gasteiger partial charge < -0.3 is 10.6 Å². The Balaban J connectivity index is 2.27. The SMILES string of the molecule is CN(C)Cc1ccccc1Sc1ccc([11CH3])cc1N. The molecule has 2 N–H and O–H groups in total. The van der Waals surface area contributed by atoms with Gasteiger partial charge in [0, 0.05) is 22.0 Å². The first-order valence-corrected chi connectivity index (χ1v) is 7.14. The van der Waals surface area contributed by atoms with Crippen molar-refractivity contribution < 1.29 is 0 Å². The summed E-state index contributed by atoms with van der Waals surface area (Å²) in [5, 5.41) is 0. The zero-order valence-electron chi connectivity index (χ0n) is 11.7. The number of nitrogen functional groups attached to an aromatic ring is 1. The van der Waals surface area contributed by atoms with Crippen LogP contribution in [0.1, 0.15) is 11.1 Å². The van der Waals surface area contributed by atoms with Gasteiger partial charge in [-0.15, -0.1) is 0 Å². The van der Waals surface area contributed by atoms with Gasteiger partial charge in [0.1, 0.15) is 0 Å². The maximum absolute atomic E-state index is 6.09. The van der Waals surface area contributed by atoms with Crippen molar-refractivity contribution in [2.45, 2.75) is 23.3 Å². The molecule has 0 radical (unpaired) electrons. The van der Waals surface area contributed by atoms with Gasteiger partial charge in [-0.1, -0.05) is 36.0 Å². The van der Waals surface area contributed by atoms with Crippen LogP contribution in [0.3, 0.4) is 0 Å². The summed E-state index contributed by atoms with van der Waals surface area (Å²) in [7, 11) is 4.17. The highest BCUT2D eigenvalue weighted by Crippen LogP contribution is 2.34. The third-order valence-corrected chi connectivity index (χ3v) is 4.05. The molecule has 0 atom stereocenters. The maximum Gasteiger partial charge on any atom is 0.0458 e. The van der Waals surface area contributed by atoms with Crippen molar-refractivity contribution in [1.82, 2.24) is 4.90 Å². The molecule has 2 rings (SSSR count). The highest BCUT2D eigenvalue weighted by Gasteiger charge is 2.07. The van der Waals surface area contributed by atoms with Crippen molar-refractivity contribution in [3.63, 3.8) is 0 Å². The monoisotopic (exact) mass is 271 g/mol. The smallest absolute Gasteiger partial charge is 0.0458 e. The van der Waals surface area contributed by atoms with Crippen LogP contribution in [-0.4, -0.2) is 19.0 Å². The predicted octanol–water partition coefficient (Wildman–Crippen LogP) is 3.79. The summed E-state index contributed by atoms with van der Waals surface area (Å²) < 4.78 is 0. The Labute approximate surface area is 119 Å². The van der Waals surface area contributed by atoms with E-state index in [1.54, 1.807) is 11.8 Å². The standard InChI is InChI=1S/C16H20N2S/c1-12-8-9-16(14(17)10-12)19-15-7-5-4-6-13(15)11-18(2)3/h4-10H,11,17H2,1-3H3/i1-1. The minimum atomic E-state index is 0.852. The van der Waals surface area contributed by atoms with Gasteiger partial charge in [-0.2, -0.15) is 0 Å². The number of nitrogens with zero attached hydrogens (tertiary/aromatic N) is 1. The predicted molar refractivity (Wildman–Crippen MR) is 83.5 cm³/mol. The van der Waals surface area contributed by atoms with Crippen LogP contribution >= 0.6 is 11.8 Å². The molecule has 2 aromatic carbocycles. The van der Waals surface area contributed by atoms with Crippen molar-refractivity contribution in [3.05, 3.63) is 53.6 Å². The maximum atomic E-state index is 6.09. The van der Waals surface area contributed by atoms with E-state index in [4.69, 9.17) is 5.73 Å². The molecule has 0 aliphatic rings. The number of anilines is 1. The van der Waals surface area contributed by atoms with Gasteiger partial charge in [0.05, 0.1) is 0 Å². The zero-order chi connectivity index (χ0) is 13.8. The molecule has 0 spiro atoms. The molecule has 0 bridgehead atoms. The van der Waals surface area contributed by atoms with E-state index in [0.29, 0.717) is 0 Å². The van der Waals surface area contributed by atoms with Crippen LogP contribution in [0.25, 0.3) is 0 Å². The lowest BCUT2D eigenvalue weighted by atomic mass is 10.0. The Hall–Kier alpha value is -1.45. The summed E-state index contributed by atoms with van der Waals surface area (Å²) >= 11 is 1.74. The van der Waals surface area contributed by atoms with Gasteiger partial charge in [0.25, 0.3) is 0 Å². The van der Waals surface area contributed by atoms with Gasteiger partial charge in [-0.05, 0) is 50.3 Å². The topological polar surface area (TPSA) is 29.3 Å². The summed E-state index contributed by atoms with van der Waals surface area (Å²) in [6.45, 7) is 3.00. The molecule has 0 aliphatic heterocycles. The number of hydrogen-bond acceptors (Lipinski definition) is 3. The number of aryl methyl sites for hydroxylation is 1. The molecule has 100 valence electrons. The Morgan fingerprint density at radius 3 is 2.47 bits per heavy atom. The van der Waals surface area contributed by atoms with Gasteiger partial charge in [0.15, 0.2) is 0 Å². The lowest BCUT2D eigenvalue weighted by Crippen LogP contribution is -2.11. The first-order valence-electron chi connectivity index (χ1n) is 6.33. The highest BCUT2D eigenvalue weighted by molar-refractivity contribution is 7.99. The Morgan fingerprint density at radius 2 is 1.79 bits per heavy atom. The van der Waals surface area contributed by atoms with E-state index in [2.05, 4.69) is 62.3 Å². The first kappa shape index (κ1) is 14.0. The Bertz CT molecular complexity index is 564. The van der Waals surface area contributed by atoms with Crippen molar-refractivity contribution in [1.29, 1.82) is 0 Å². The van der Waals surface area contributed by atoms with Crippen molar-refractivity contribution in [3.8, 4) is 0 Å². The second-order valence-electron chi connectivity index (χ2n) is 4.99. The van der Waals surface area contributed by atoms with Crippen LogP contribution < -0.4 is 5.73 Å². The van der Waals surface area contributed by atoms with Crippen molar-refractivity contribution in [2.75, 3.05) is 19.8 Å². The summed E-state index contributed by atoms with van der Waals surface area (Å²) in [4.78, 5) is 4.57. The molecule has 0 amide bonds. The zero-order valence-corrected chi connectivity index (χ0v) is 12.5. The highest BCUT2D eigenvalue weighted by atomic mass is 32.2. The lowest BCUT2D eigenvalue weighted by molar-refractivity contribution is 0.399. The molecule has 2 aromatic rings. The fourth-order valence-corrected chi connectivity index (χ4v) is 2.91. The molecule has 0 heterocycles. The summed E-state index contributed by atoms with van der Waals surface area (Å²) in [6.07, 6.45) is 0. The number of hydrogen-bond donors (Lipinski definition) is 1. The van der Waals surface area contributed by atoms with E-state index in [0.717, 1.165) is 17.1 Å². The fraction of sp³-hybridized carbons (Fsp3) is 0.250. The van der Waals surface area contributed by atoms with Gasteiger partial charge in [-0.25, -0.2) is 0 Å². The van der Waals surface area contributed by atoms with Crippen LogP contribution in [-0.2, 0) is 6.54 Å². The van der Waals surface area contributed by atoms with E-state index in [9.17, 15) is 0 Å². The van der Waals surface area contributed by atoms with E-state index >= 15 is 0 Å². The lowest BCUT2D eigenvalue weighted by Gasteiger charge is -2.14. The number of benzene rings is 2. The van der Waals surface area contributed by atoms with Crippen molar-refractivity contribution >= 4 is 17.4 Å². The fourth-order valence-electron chi connectivity index (χ4n) is 1.95. The van der Waals surface area contributed by atoms with E-state index in [-0.39, 0.29) is 0 Å². The van der Waals surface area contributed by atoms with Gasteiger partial charge in [-0.3, -0.25) is 0 Å². The molecule has 0 aromatic heterocycles. The third-order valence-electron chi connectivity index (χ3n) is 2.84. The average Bonchev–Trinajstić information content (AvgIpc) is 2.34. The van der Waals surface area contributed by atoms with E-state index in [1.165, 1.54) is 16.0 Å². The van der Waals surface area contributed by atoms with Crippen LogP contribution in [0, 0.1) is 6.92 Å². The molecular weight excluding hydrogens is 251 g/mol. The van der Waals surface area contributed by atoms with Crippen LogP contribution in [0.4, 0.5) is 5.69 Å². The second kappa shape index (κ2) is 6.13. The number of nitrogens with two attached hydrogens (primary N) is 1. The second-order valence-corrected chi connectivity index (χ2v) is 6.07. The Morgan fingerprint density at radius 1 is 1.05 bits per heavy atom. The van der Waals surface area contributed by atoms with Crippen molar-refractivity contribution in [2.24, 2.45) is 0 Å². The molecular formula is C16H20N2S. The van der Waals surface area contributed by atoms with Gasteiger partial charge >= 0.3 is 0 Å². The molecule has 19 heavy (non-hydrogen) atoms. The van der Waals surface area contributed by atoms with E-state index < -0.39 is 0 Å². The van der Waals surface area contributed by atoms with Crippen LogP contribution in [0.2, 0.25) is 0 Å². The quantitative estimate of drug-likeness (QED) is 0.858.